The van der Waals surface area contributed by atoms with Crippen LogP contribution in [0.1, 0.15) is 42.0 Å². The fourth-order valence-electron chi connectivity index (χ4n) is 4.53. The highest BCUT2D eigenvalue weighted by atomic mass is 32.2. The van der Waals surface area contributed by atoms with E-state index in [2.05, 4.69) is 105 Å². The molecule has 0 saturated carbocycles. The number of thioether (sulfide) groups is 1. The van der Waals surface area contributed by atoms with Crippen LogP contribution in [0.15, 0.2) is 96.1 Å². The van der Waals surface area contributed by atoms with Gasteiger partial charge in [0.15, 0.2) is 0 Å². The maximum Gasteiger partial charge on any atom is 0.0274 e. The van der Waals surface area contributed by atoms with Gasteiger partial charge in [-0.15, -0.1) is 0 Å². The Bertz CT molecular complexity index is 965. The summed E-state index contributed by atoms with van der Waals surface area (Å²) in [5, 5.41) is 0. The Hall–Kier alpha value is -2.51. The van der Waals surface area contributed by atoms with Crippen LogP contribution in [0.2, 0.25) is 0 Å². The molecule has 1 aliphatic rings. The summed E-state index contributed by atoms with van der Waals surface area (Å²) in [5.74, 6) is 1.39. The quantitative estimate of drug-likeness (QED) is 0.438. The molecule has 0 radical (unpaired) electrons. The number of benzene rings is 3. The molecule has 0 amide bonds. The Morgan fingerprint density at radius 1 is 0.643 bits per heavy atom. The third-order valence-corrected chi connectivity index (χ3v) is 6.30. The minimum atomic E-state index is 0.341. The molecular weight excluding hydrogens is 356 g/mol. The molecule has 0 aliphatic heterocycles. The summed E-state index contributed by atoms with van der Waals surface area (Å²) in [6, 6.07) is 30.7. The minimum Gasteiger partial charge on any atom is -0.161 e. The largest absolute Gasteiger partial charge is 0.161 e. The van der Waals surface area contributed by atoms with Crippen molar-refractivity contribution in [2.75, 3.05) is 6.26 Å². The molecule has 0 saturated heterocycles. The van der Waals surface area contributed by atoms with Crippen molar-refractivity contribution in [1.82, 2.24) is 0 Å². The molecule has 4 rings (SSSR count). The van der Waals surface area contributed by atoms with Crippen molar-refractivity contribution in [2.24, 2.45) is 0 Å². The summed E-state index contributed by atoms with van der Waals surface area (Å²) in [4.78, 5) is 0. The Labute approximate surface area is 173 Å². The first kappa shape index (κ1) is 18.8. The molecule has 0 bridgehead atoms. The van der Waals surface area contributed by atoms with Crippen molar-refractivity contribution >= 4 is 22.9 Å². The lowest BCUT2D eigenvalue weighted by Gasteiger charge is -2.19. The van der Waals surface area contributed by atoms with Gasteiger partial charge in [-0.2, -0.15) is 11.8 Å². The second-order valence-electron chi connectivity index (χ2n) is 7.41. The summed E-state index contributed by atoms with van der Waals surface area (Å²) in [5.41, 5.74) is 11.2. The van der Waals surface area contributed by atoms with Crippen LogP contribution < -0.4 is 0 Å². The SMILES string of the molecule is CSCc1ccccc1C1C(C)=C(c2ccccc2)C(c2ccccc2)=C1C. The third-order valence-electron chi connectivity index (χ3n) is 5.70. The Balaban J connectivity index is 1.96. The van der Waals surface area contributed by atoms with E-state index in [1.807, 2.05) is 11.8 Å². The molecule has 3 aromatic carbocycles. The molecule has 140 valence electrons. The van der Waals surface area contributed by atoms with E-state index in [0.29, 0.717) is 5.92 Å². The Morgan fingerprint density at radius 2 is 1.11 bits per heavy atom. The predicted octanol–water partition coefficient (Wildman–Crippen LogP) is 7.59. The van der Waals surface area contributed by atoms with E-state index in [-0.39, 0.29) is 0 Å². The smallest absolute Gasteiger partial charge is 0.0274 e. The van der Waals surface area contributed by atoms with E-state index in [4.69, 9.17) is 0 Å². The molecule has 0 nitrogen and oxygen atoms in total. The van der Waals surface area contributed by atoms with Crippen molar-refractivity contribution in [3.8, 4) is 0 Å². The van der Waals surface area contributed by atoms with Gasteiger partial charge in [0.05, 0.1) is 0 Å². The predicted molar refractivity (Wildman–Crippen MR) is 124 cm³/mol. The molecule has 0 aromatic heterocycles. The van der Waals surface area contributed by atoms with Gasteiger partial charge in [-0.25, -0.2) is 0 Å². The lowest BCUT2D eigenvalue weighted by atomic mass is 9.86. The van der Waals surface area contributed by atoms with Crippen molar-refractivity contribution in [3.63, 3.8) is 0 Å². The van der Waals surface area contributed by atoms with Crippen LogP contribution in [0.25, 0.3) is 11.1 Å². The van der Waals surface area contributed by atoms with Crippen LogP contribution in [0.4, 0.5) is 0 Å². The lowest BCUT2D eigenvalue weighted by Crippen LogP contribution is -2.03. The van der Waals surface area contributed by atoms with E-state index in [1.54, 1.807) is 0 Å². The summed E-state index contributed by atoms with van der Waals surface area (Å²) < 4.78 is 0. The van der Waals surface area contributed by atoms with Crippen molar-refractivity contribution in [3.05, 3.63) is 118 Å². The van der Waals surface area contributed by atoms with E-state index >= 15 is 0 Å². The van der Waals surface area contributed by atoms with Crippen molar-refractivity contribution in [2.45, 2.75) is 25.5 Å². The second kappa shape index (κ2) is 8.24. The summed E-state index contributed by atoms with van der Waals surface area (Å²) in [6.07, 6.45) is 2.18. The summed E-state index contributed by atoms with van der Waals surface area (Å²) >= 11 is 1.89. The van der Waals surface area contributed by atoms with Crippen LogP contribution in [-0.2, 0) is 5.75 Å². The van der Waals surface area contributed by atoms with Crippen LogP contribution in [0, 0.1) is 0 Å². The molecule has 0 spiro atoms. The van der Waals surface area contributed by atoms with Gasteiger partial charge in [0.25, 0.3) is 0 Å². The molecule has 0 atom stereocenters. The summed E-state index contributed by atoms with van der Waals surface area (Å²) in [6.45, 7) is 4.64. The fraction of sp³-hybridized carbons (Fsp3) is 0.185. The Morgan fingerprint density at radius 3 is 1.61 bits per heavy atom. The monoisotopic (exact) mass is 382 g/mol. The molecule has 0 heterocycles. The molecule has 28 heavy (non-hydrogen) atoms. The van der Waals surface area contributed by atoms with Gasteiger partial charge >= 0.3 is 0 Å². The van der Waals surface area contributed by atoms with Gasteiger partial charge in [-0.05, 0) is 53.5 Å². The van der Waals surface area contributed by atoms with E-state index in [1.165, 1.54) is 44.5 Å². The highest BCUT2D eigenvalue weighted by molar-refractivity contribution is 7.97. The van der Waals surface area contributed by atoms with Gasteiger partial charge in [0.2, 0.25) is 0 Å². The average molecular weight is 383 g/mol. The zero-order chi connectivity index (χ0) is 19.5. The van der Waals surface area contributed by atoms with E-state index in [9.17, 15) is 0 Å². The van der Waals surface area contributed by atoms with Crippen LogP contribution in [0.5, 0.6) is 0 Å². The number of rotatable bonds is 5. The minimum absolute atomic E-state index is 0.341. The van der Waals surface area contributed by atoms with Crippen LogP contribution in [0.3, 0.4) is 0 Å². The van der Waals surface area contributed by atoms with Gasteiger partial charge in [-0.3, -0.25) is 0 Å². The molecule has 1 heteroatoms. The first-order chi connectivity index (χ1) is 13.7. The molecule has 0 fully saturated rings. The number of hydrogen-bond donors (Lipinski definition) is 0. The summed E-state index contributed by atoms with van der Waals surface area (Å²) in [7, 11) is 0. The first-order valence-electron chi connectivity index (χ1n) is 9.82. The van der Waals surface area contributed by atoms with E-state index in [0.717, 1.165) is 5.75 Å². The third kappa shape index (κ3) is 3.36. The average Bonchev–Trinajstić information content (AvgIpc) is 3.00. The van der Waals surface area contributed by atoms with Crippen molar-refractivity contribution < 1.29 is 0 Å². The molecular formula is C27H26S. The number of allylic oxidation sites excluding steroid dienone is 4. The van der Waals surface area contributed by atoms with Gasteiger partial charge < -0.3 is 0 Å². The number of hydrogen-bond acceptors (Lipinski definition) is 1. The van der Waals surface area contributed by atoms with Crippen LogP contribution >= 0.6 is 11.8 Å². The second-order valence-corrected chi connectivity index (χ2v) is 8.28. The maximum atomic E-state index is 2.32. The lowest BCUT2D eigenvalue weighted by molar-refractivity contribution is 0.931. The maximum absolute atomic E-state index is 2.32. The van der Waals surface area contributed by atoms with Gasteiger partial charge in [0, 0.05) is 11.7 Å². The molecule has 1 aliphatic carbocycles. The first-order valence-corrected chi connectivity index (χ1v) is 11.2. The van der Waals surface area contributed by atoms with Gasteiger partial charge in [-0.1, -0.05) is 96.1 Å². The molecule has 0 unspecified atom stereocenters. The van der Waals surface area contributed by atoms with Gasteiger partial charge in [0.1, 0.15) is 0 Å². The highest BCUT2D eigenvalue weighted by Gasteiger charge is 2.32. The normalized spacial score (nSPS) is 14.8. The van der Waals surface area contributed by atoms with Crippen molar-refractivity contribution in [1.29, 1.82) is 0 Å². The van der Waals surface area contributed by atoms with E-state index < -0.39 is 0 Å². The zero-order valence-electron chi connectivity index (χ0n) is 16.8. The molecule has 3 aromatic rings. The topological polar surface area (TPSA) is 0 Å². The highest BCUT2D eigenvalue weighted by Crippen LogP contribution is 2.51. The van der Waals surface area contributed by atoms with Crippen LogP contribution in [-0.4, -0.2) is 6.26 Å². The zero-order valence-corrected chi connectivity index (χ0v) is 17.6. The Kier molecular flexibility index (Phi) is 5.54. The standard InChI is InChI=1S/C27H26S/c1-19-25(24-17-11-10-16-23(24)18-28-3)20(2)27(22-14-8-5-9-15-22)26(19)21-12-6-4-7-13-21/h4-17,25H,18H2,1-3H3. The molecule has 0 N–H and O–H groups in total. The fourth-order valence-corrected chi connectivity index (χ4v) is 5.10.